The van der Waals surface area contributed by atoms with Crippen molar-refractivity contribution in [1.29, 1.82) is 0 Å². The lowest BCUT2D eigenvalue weighted by atomic mass is 9.75. The Kier molecular flexibility index (Phi) is 6.85. The summed E-state index contributed by atoms with van der Waals surface area (Å²) in [5.74, 6) is 0.383. The minimum atomic E-state index is -4.57. The number of hydrogen-bond acceptors (Lipinski definition) is 6. The first-order valence-corrected chi connectivity index (χ1v) is 14.1. The number of carbonyl (C=O) groups is 1. The first-order chi connectivity index (χ1) is 19.5. The van der Waals surface area contributed by atoms with Crippen LogP contribution in [-0.2, 0) is 42.9 Å². The molecule has 6 rings (SSSR count). The van der Waals surface area contributed by atoms with Crippen LogP contribution in [0, 0.1) is 0 Å². The van der Waals surface area contributed by atoms with Crippen molar-refractivity contribution in [3.63, 3.8) is 0 Å². The molecule has 8 nitrogen and oxygen atoms in total. The molecule has 0 radical (unpaired) electrons. The Labute approximate surface area is 237 Å². The second kappa shape index (κ2) is 10.1. The molecule has 1 saturated carbocycles. The average molecular weight is 569 g/mol. The number of nitrogens with zero attached hydrogens (tertiary/aromatic N) is 4. The van der Waals surface area contributed by atoms with Crippen LogP contribution in [0.2, 0.25) is 0 Å². The number of ether oxygens (including phenoxy) is 1. The van der Waals surface area contributed by atoms with E-state index in [9.17, 15) is 18.0 Å². The summed E-state index contributed by atoms with van der Waals surface area (Å²) in [6, 6.07) is 8.61. The van der Waals surface area contributed by atoms with Crippen molar-refractivity contribution in [2.45, 2.75) is 69.8 Å². The molecule has 2 aliphatic heterocycles. The number of hydrogen-bond donors (Lipinski definition) is 2. The van der Waals surface area contributed by atoms with Gasteiger partial charge in [0.1, 0.15) is 12.2 Å². The number of benzene rings is 2. The van der Waals surface area contributed by atoms with E-state index < -0.39 is 17.6 Å². The standard InChI is InChI=1S/C30H35F3N6O2/c1-4-34-21-10-20(29(16-41-17-29)13-26-37-36-18-38(26)3)11-22(12-21)39-15-24-23(27(39)40)8-19(9-25(24)30(31,32)33)14-35-28(2)6-5-7-28/h8-12,18,34-35H,4-7,13-17H2,1-3H3. The van der Waals surface area contributed by atoms with Gasteiger partial charge in [-0.1, -0.05) is 0 Å². The van der Waals surface area contributed by atoms with Crippen molar-refractivity contribution >= 4 is 17.3 Å². The van der Waals surface area contributed by atoms with Gasteiger partial charge in [0.05, 0.1) is 25.3 Å². The summed E-state index contributed by atoms with van der Waals surface area (Å²) in [7, 11) is 1.89. The monoisotopic (exact) mass is 568 g/mol. The van der Waals surface area contributed by atoms with Gasteiger partial charge in [-0.15, -0.1) is 10.2 Å². The minimum absolute atomic E-state index is 0.0253. The van der Waals surface area contributed by atoms with E-state index in [-0.39, 0.29) is 35.2 Å². The summed E-state index contributed by atoms with van der Waals surface area (Å²) in [5, 5.41) is 15.0. The van der Waals surface area contributed by atoms with Crippen LogP contribution < -0.4 is 15.5 Å². The fraction of sp³-hybridized carbons (Fsp3) is 0.500. The third kappa shape index (κ3) is 5.10. The van der Waals surface area contributed by atoms with Gasteiger partial charge in [-0.05, 0) is 80.1 Å². The molecule has 1 aromatic heterocycles. The highest BCUT2D eigenvalue weighted by atomic mass is 19.4. The van der Waals surface area contributed by atoms with Gasteiger partial charge < -0.3 is 24.8 Å². The van der Waals surface area contributed by atoms with E-state index >= 15 is 0 Å². The number of amides is 1. The predicted molar refractivity (Wildman–Crippen MR) is 149 cm³/mol. The summed E-state index contributed by atoms with van der Waals surface area (Å²) in [6.45, 7) is 5.78. The molecule has 2 aromatic carbocycles. The maximum Gasteiger partial charge on any atom is 0.416 e. The third-order valence-electron chi connectivity index (χ3n) is 8.86. The topological polar surface area (TPSA) is 84.3 Å². The van der Waals surface area contributed by atoms with E-state index in [1.807, 2.05) is 36.7 Å². The second-order valence-electron chi connectivity index (χ2n) is 11.9. The van der Waals surface area contributed by atoms with Gasteiger partial charge in [0, 0.05) is 54.5 Å². The lowest BCUT2D eigenvalue weighted by Crippen LogP contribution is -2.49. The summed E-state index contributed by atoms with van der Waals surface area (Å²) in [5.41, 5.74) is 1.71. The number of aryl methyl sites for hydroxylation is 1. The maximum absolute atomic E-state index is 14.3. The zero-order valence-electron chi connectivity index (χ0n) is 23.6. The molecule has 2 N–H and O–H groups in total. The highest BCUT2D eigenvalue weighted by Gasteiger charge is 2.44. The van der Waals surface area contributed by atoms with Crippen LogP contribution in [0.5, 0.6) is 0 Å². The van der Waals surface area contributed by atoms with Crippen LogP contribution in [-0.4, -0.2) is 46.0 Å². The number of halogens is 3. The molecule has 2 fully saturated rings. The van der Waals surface area contributed by atoms with Crippen molar-refractivity contribution in [3.8, 4) is 0 Å². The fourth-order valence-electron chi connectivity index (χ4n) is 6.10. The van der Waals surface area contributed by atoms with Crippen LogP contribution in [0.25, 0.3) is 0 Å². The molecule has 3 aromatic rings. The summed E-state index contributed by atoms with van der Waals surface area (Å²) in [6.07, 6.45) is 0.749. The predicted octanol–water partition coefficient (Wildman–Crippen LogP) is 4.97. The largest absolute Gasteiger partial charge is 0.416 e. The van der Waals surface area contributed by atoms with Crippen molar-refractivity contribution in [2.75, 3.05) is 30.0 Å². The van der Waals surface area contributed by atoms with Crippen molar-refractivity contribution in [1.82, 2.24) is 20.1 Å². The normalized spacial score (nSPS) is 19.1. The van der Waals surface area contributed by atoms with Gasteiger partial charge in [-0.25, -0.2) is 0 Å². The van der Waals surface area contributed by atoms with E-state index in [0.717, 1.165) is 36.3 Å². The van der Waals surface area contributed by atoms with Crippen LogP contribution in [0.3, 0.4) is 0 Å². The quantitative estimate of drug-likeness (QED) is 0.379. The van der Waals surface area contributed by atoms with Gasteiger partial charge >= 0.3 is 6.18 Å². The molecule has 11 heteroatoms. The van der Waals surface area contributed by atoms with Gasteiger partial charge in [0.15, 0.2) is 0 Å². The summed E-state index contributed by atoms with van der Waals surface area (Å²) >= 11 is 0. The first kappa shape index (κ1) is 27.7. The molecular formula is C30H35F3N6O2. The molecule has 0 bridgehead atoms. The number of carbonyl (C=O) groups excluding carboxylic acids is 1. The van der Waals surface area contributed by atoms with Gasteiger partial charge in [0.2, 0.25) is 0 Å². The highest BCUT2D eigenvalue weighted by Crippen LogP contribution is 2.43. The Hall–Kier alpha value is -3.44. The first-order valence-electron chi connectivity index (χ1n) is 14.1. The minimum Gasteiger partial charge on any atom is -0.385 e. The molecule has 218 valence electrons. The van der Waals surface area contributed by atoms with Crippen molar-refractivity contribution in [3.05, 3.63) is 70.3 Å². The molecule has 1 amide bonds. The Morgan fingerprint density at radius 3 is 2.49 bits per heavy atom. The zero-order valence-corrected chi connectivity index (χ0v) is 23.6. The van der Waals surface area contributed by atoms with Crippen molar-refractivity contribution < 1.29 is 22.7 Å². The van der Waals surface area contributed by atoms with E-state index in [1.165, 1.54) is 11.0 Å². The summed E-state index contributed by atoms with van der Waals surface area (Å²) < 4.78 is 50.4. The van der Waals surface area contributed by atoms with Crippen molar-refractivity contribution in [2.24, 2.45) is 7.05 Å². The van der Waals surface area contributed by atoms with Crippen LogP contribution in [0.4, 0.5) is 24.5 Å². The molecule has 0 unspecified atom stereocenters. The number of anilines is 2. The van der Waals surface area contributed by atoms with Crippen LogP contribution in [0.15, 0.2) is 36.7 Å². The molecule has 1 aliphatic carbocycles. The zero-order chi connectivity index (χ0) is 29.0. The van der Waals surface area contributed by atoms with Crippen LogP contribution in [0.1, 0.15) is 71.5 Å². The molecule has 3 heterocycles. The summed E-state index contributed by atoms with van der Waals surface area (Å²) in [4.78, 5) is 15.2. The Bertz CT molecular complexity index is 1480. The molecule has 0 spiro atoms. The number of rotatable bonds is 9. The number of fused-ring (bicyclic) bond motifs is 1. The van der Waals surface area contributed by atoms with E-state index in [1.54, 1.807) is 12.4 Å². The second-order valence-corrected chi connectivity index (χ2v) is 11.9. The SMILES string of the molecule is CCNc1cc(N2Cc3c(cc(CNC4(C)CCC4)cc3C(F)(F)F)C2=O)cc(C2(Cc3nncn3C)COC2)c1. The maximum atomic E-state index is 14.3. The van der Waals surface area contributed by atoms with Gasteiger partial charge in [-0.3, -0.25) is 4.79 Å². The molecule has 1 saturated heterocycles. The van der Waals surface area contributed by atoms with Gasteiger partial charge in [0.25, 0.3) is 5.91 Å². The van der Waals surface area contributed by atoms with Gasteiger partial charge in [-0.2, -0.15) is 13.2 Å². The smallest absolute Gasteiger partial charge is 0.385 e. The number of alkyl halides is 3. The van der Waals surface area contributed by atoms with E-state index in [4.69, 9.17) is 4.74 Å². The highest BCUT2D eigenvalue weighted by molar-refractivity contribution is 6.10. The Morgan fingerprint density at radius 1 is 1.12 bits per heavy atom. The molecule has 3 aliphatic rings. The Balaban J connectivity index is 1.36. The average Bonchev–Trinajstić information content (AvgIpc) is 3.44. The van der Waals surface area contributed by atoms with E-state index in [0.29, 0.717) is 37.4 Å². The lowest BCUT2D eigenvalue weighted by Gasteiger charge is -2.42. The fourth-order valence-corrected chi connectivity index (χ4v) is 6.10. The molecule has 41 heavy (non-hydrogen) atoms. The van der Waals surface area contributed by atoms with Crippen LogP contribution >= 0.6 is 0 Å². The van der Waals surface area contributed by atoms with E-state index in [2.05, 4.69) is 27.8 Å². The molecular weight excluding hydrogens is 533 g/mol. The lowest BCUT2D eigenvalue weighted by molar-refractivity contribution is -0.138. The number of aromatic nitrogens is 3. The molecule has 0 atom stereocenters. The number of nitrogens with one attached hydrogen (secondary N) is 2. The third-order valence-corrected chi connectivity index (χ3v) is 8.86. The Morgan fingerprint density at radius 2 is 1.90 bits per heavy atom.